The Hall–Kier alpha value is -3.66. The maximum absolute atomic E-state index is 12.9. The second-order valence-corrected chi connectivity index (χ2v) is 6.18. The molecule has 0 unspecified atom stereocenters. The molecule has 0 saturated heterocycles. The summed E-state index contributed by atoms with van der Waals surface area (Å²) in [4.78, 5) is 27.6. The zero-order valence-corrected chi connectivity index (χ0v) is 16.7. The van der Waals surface area contributed by atoms with Gasteiger partial charge in [0.2, 0.25) is 5.75 Å². The summed E-state index contributed by atoms with van der Waals surface area (Å²) in [6, 6.07) is 9.85. The van der Waals surface area contributed by atoms with Gasteiger partial charge in [-0.15, -0.1) is 0 Å². The van der Waals surface area contributed by atoms with Crippen LogP contribution in [0.4, 0.5) is 5.69 Å². The van der Waals surface area contributed by atoms with E-state index in [1.807, 2.05) is 0 Å². The third-order valence-electron chi connectivity index (χ3n) is 4.07. The fourth-order valence-electron chi connectivity index (χ4n) is 2.74. The van der Waals surface area contributed by atoms with E-state index in [-0.39, 0.29) is 16.0 Å². The van der Waals surface area contributed by atoms with Gasteiger partial charge < -0.3 is 19.5 Å². The zero-order chi connectivity index (χ0) is 21.0. The minimum absolute atomic E-state index is 0.0967. The second-order valence-electron chi connectivity index (χ2n) is 5.77. The number of carbonyl (C=O) groups excluding carboxylic acids is 1. The number of nitrogens with zero attached hydrogens (tertiary/aromatic N) is 1. The van der Waals surface area contributed by atoms with Gasteiger partial charge in [-0.3, -0.25) is 19.7 Å². The van der Waals surface area contributed by atoms with Crippen LogP contribution in [0.1, 0.15) is 10.4 Å². The van der Waals surface area contributed by atoms with Crippen LogP contribution in [0.15, 0.2) is 41.2 Å². The summed E-state index contributed by atoms with van der Waals surface area (Å²) in [6.45, 7) is 0. The average Bonchev–Trinajstić information content (AvgIpc) is 2.73. The number of carbonyl (C=O) groups is 1. The van der Waals surface area contributed by atoms with E-state index in [0.29, 0.717) is 28.5 Å². The van der Waals surface area contributed by atoms with Gasteiger partial charge in [-0.05, 0) is 30.4 Å². The second kappa shape index (κ2) is 8.57. The van der Waals surface area contributed by atoms with E-state index >= 15 is 0 Å². The van der Waals surface area contributed by atoms with E-state index in [4.69, 9.17) is 26.4 Å². The molecule has 0 fully saturated rings. The molecule has 0 spiro atoms. The van der Waals surface area contributed by atoms with E-state index in [1.54, 1.807) is 24.3 Å². The number of aromatic amines is 2. The zero-order valence-electron chi connectivity index (χ0n) is 15.9. The van der Waals surface area contributed by atoms with Crippen molar-refractivity contribution in [2.24, 2.45) is 0 Å². The van der Waals surface area contributed by atoms with Crippen LogP contribution in [0, 0.1) is 4.77 Å². The van der Waals surface area contributed by atoms with Crippen molar-refractivity contribution in [2.45, 2.75) is 0 Å². The maximum Gasteiger partial charge on any atom is 0.278 e. The van der Waals surface area contributed by atoms with Gasteiger partial charge in [0, 0.05) is 11.1 Å². The number of benzene rings is 2. The van der Waals surface area contributed by atoms with Crippen LogP contribution >= 0.6 is 12.2 Å². The normalized spacial score (nSPS) is 10.3. The monoisotopic (exact) mass is 414 g/mol. The van der Waals surface area contributed by atoms with Crippen molar-refractivity contribution in [2.75, 3.05) is 26.6 Å². The molecule has 0 aliphatic rings. The summed E-state index contributed by atoms with van der Waals surface area (Å²) in [7, 11) is 4.41. The molecule has 1 amide bonds. The van der Waals surface area contributed by atoms with E-state index in [9.17, 15) is 9.59 Å². The maximum atomic E-state index is 12.9. The van der Waals surface area contributed by atoms with E-state index in [2.05, 4.69) is 20.5 Å². The molecular weight excluding hydrogens is 396 g/mol. The molecule has 2 aromatic carbocycles. The minimum Gasteiger partial charge on any atom is -0.493 e. The van der Waals surface area contributed by atoms with Gasteiger partial charge in [-0.25, -0.2) is 0 Å². The Morgan fingerprint density at radius 3 is 2.31 bits per heavy atom. The van der Waals surface area contributed by atoms with Crippen LogP contribution < -0.4 is 25.1 Å². The third-order valence-corrected chi connectivity index (χ3v) is 4.26. The van der Waals surface area contributed by atoms with Crippen molar-refractivity contribution in [1.82, 2.24) is 15.2 Å². The largest absolute Gasteiger partial charge is 0.493 e. The van der Waals surface area contributed by atoms with Crippen molar-refractivity contribution in [3.63, 3.8) is 0 Å². The number of rotatable bonds is 6. The summed E-state index contributed by atoms with van der Waals surface area (Å²) >= 11 is 4.87. The summed E-state index contributed by atoms with van der Waals surface area (Å²) in [5, 5.41) is 9.31. The molecular formula is C19H18N4O5S. The van der Waals surface area contributed by atoms with Crippen LogP contribution in [0.3, 0.4) is 0 Å². The predicted molar refractivity (Wildman–Crippen MR) is 110 cm³/mol. The number of methoxy groups -OCH3 is 3. The van der Waals surface area contributed by atoms with Crippen LogP contribution in [-0.4, -0.2) is 42.4 Å². The molecule has 0 saturated carbocycles. The number of para-hydroxylation sites is 1. The number of aromatic nitrogens is 3. The lowest BCUT2D eigenvalue weighted by Gasteiger charge is -2.15. The Morgan fingerprint density at radius 1 is 1.07 bits per heavy atom. The Bertz CT molecular complexity index is 1150. The molecule has 9 nitrogen and oxygen atoms in total. The van der Waals surface area contributed by atoms with Crippen LogP contribution in [0.2, 0.25) is 0 Å². The molecule has 3 aromatic rings. The van der Waals surface area contributed by atoms with Crippen LogP contribution in [-0.2, 0) is 0 Å². The first kappa shape index (κ1) is 20.1. The van der Waals surface area contributed by atoms with Gasteiger partial charge >= 0.3 is 0 Å². The van der Waals surface area contributed by atoms with Crippen LogP contribution in [0.5, 0.6) is 17.2 Å². The minimum atomic E-state index is -0.469. The van der Waals surface area contributed by atoms with Gasteiger partial charge in [-0.2, -0.15) is 5.10 Å². The lowest BCUT2D eigenvalue weighted by atomic mass is 10.1. The standard InChI is InChI=1S/C19H18N4O5S/c1-26-13-8-10(9-14(27-2)16(13)28-3)17(24)20-12-7-5-4-6-11(12)15-18(25)21-19(29)23-22-15/h4-9H,1-3H3,(H,20,24)(H2,21,23,25,29). The highest BCUT2D eigenvalue weighted by Crippen LogP contribution is 2.38. The molecule has 10 heteroatoms. The highest BCUT2D eigenvalue weighted by Gasteiger charge is 2.19. The van der Waals surface area contributed by atoms with Gasteiger partial charge in [0.25, 0.3) is 11.5 Å². The number of hydrogen-bond donors (Lipinski definition) is 3. The summed E-state index contributed by atoms with van der Waals surface area (Å²) in [5.41, 5.74) is 0.738. The number of hydrogen-bond acceptors (Lipinski definition) is 7. The van der Waals surface area contributed by atoms with Crippen molar-refractivity contribution >= 4 is 23.8 Å². The summed E-state index contributed by atoms with van der Waals surface area (Å²) in [5.74, 6) is 0.636. The SMILES string of the molecule is COc1cc(C(=O)Nc2ccccc2-c2n[nH]c(=S)[nH]c2=O)cc(OC)c1OC. The molecule has 0 aliphatic carbocycles. The molecule has 0 atom stereocenters. The van der Waals surface area contributed by atoms with E-state index < -0.39 is 11.5 Å². The first-order valence-electron chi connectivity index (χ1n) is 8.38. The third kappa shape index (κ3) is 4.11. The smallest absolute Gasteiger partial charge is 0.278 e. The summed E-state index contributed by atoms with van der Waals surface area (Å²) in [6.07, 6.45) is 0. The van der Waals surface area contributed by atoms with Gasteiger partial charge in [-0.1, -0.05) is 18.2 Å². The molecule has 3 rings (SSSR count). The molecule has 0 aliphatic heterocycles. The van der Waals surface area contributed by atoms with Gasteiger partial charge in [0.15, 0.2) is 22.0 Å². The fourth-order valence-corrected chi connectivity index (χ4v) is 2.87. The van der Waals surface area contributed by atoms with E-state index in [0.717, 1.165) is 0 Å². The van der Waals surface area contributed by atoms with Gasteiger partial charge in [0.1, 0.15) is 0 Å². The topological polar surface area (TPSA) is 118 Å². The Kier molecular flexibility index (Phi) is 5.93. The highest BCUT2D eigenvalue weighted by molar-refractivity contribution is 7.71. The van der Waals surface area contributed by atoms with Crippen molar-refractivity contribution in [3.05, 3.63) is 57.1 Å². The lowest BCUT2D eigenvalue weighted by molar-refractivity contribution is 0.102. The molecule has 150 valence electrons. The van der Waals surface area contributed by atoms with Gasteiger partial charge in [0.05, 0.1) is 27.0 Å². The fraction of sp³-hybridized carbons (Fsp3) is 0.158. The van der Waals surface area contributed by atoms with Crippen molar-refractivity contribution in [1.29, 1.82) is 0 Å². The van der Waals surface area contributed by atoms with E-state index in [1.165, 1.54) is 33.5 Å². The predicted octanol–water partition coefficient (Wildman–Crippen LogP) is 2.77. The summed E-state index contributed by atoms with van der Waals surface area (Å²) < 4.78 is 16.0. The van der Waals surface area contributed by atoms with Crippen molar-refractivity contribution < 1.29 is 19.0 Å². The number of anilines is 1. The molecule has 1 aromatic heterocycles. The number of H-pyrrole nitrogens is 2. The number of nitrogens with one attached hydrogen (secondary N) is 3. The Morgan fingerprint density at radius 2 is 1.72 bits per heavy atom. The molecule has 3 N–H and O–H groups in total. The number of ether oxygens (including phenoxy) is 3. The molecule has 0 bridgehead atoms. The Labute approximate surface area is 170 Å². The molecule has 29 heavy (non-hydrogen) atoms. The number of amides is 1. The first-order valence-corrected chi connectivity index (χ1v) is 8.79. The average molecular weight is 414 g/mol. The highest BCUT2D eigenvalue weighted by atomic mass is 32.1. The first-order chi connectivity index (χ1) is 14.0. The van der Waals surface area contributed by atoms with Crippen molar-refractivity contribution in [3.8, 4) is 28.5 Å². The molecule has 1 heterocycles. The molecule has 0 radical (unpaired) electrons. The lowest BCUT2D eigenvalue weighted by Crippen LogP contribution is -2.17. The quantitative estimate of drug-likeness (QED) is 0.531. The van der Waals surface area contributed by atoms with Crippen LogP contribution in [0.25, 0.3) is 11.3 Å². The Balaban J connectivity index is 2.01.